The first-order valence-electron chi connectivity index (χ1n) is 9.28. The molecule has 6 nitrogen and oxygen atoms in total. The van der Waals surface area contributed by atoms with Gasteiger partial charge in [0.15, 0.2) is 6.61 Å². The Morgan fingerprint density at radius 3 is 2.57 bits per heavy atom. The van der Waals surface area contributed by atoms with E-state index in [1.165, 1.54) is 28.0 Å². The fraction of sp³-hybridized carbons (Fsp3) is 0.333. The second-order valence-electron chi connectivity index (χ2n) is 6.97. The van der Waals surface area contributed by atoms with Crippen LogP contribution in [0, 0.1) is 0 Å². The van der Waals surface area contributed by atoms with Crippen molar-refractivity contribution in [2.45, 2.75) is 19.2 Å². The fourth-order valence-corrected chi connectivity index (χ4v) is 3.16. The minimum Gasteiger partial charge on any atom is -0.483 e. The standard InChI is InChI=1S/C21H21F3N2O4/c1-25(2)19(27)13-29-18-8-4-3-7-16(18)20(28)26-11-5-6-14-12-15(9-10-17(14)26)30-21(22,23)24/h3-4,7-10,12H,5-6,11,13H2,1-2H3. The number of hydrogen-bond acceptors (Lipinski definition) is 4. The van der Waals surface area contributed by atoms with Crippen molar-refractivity contribution in [1.82, 2.24) is 4.90 Å². The number of alkyl halides is 3. The van der Waals surface area contributed by atoms with E-state index in [4.69, 9.17) is 4.74 Å². The monoisotopic (exact) mass is 422 g/mol. The largest absolute Gasteiger partial charge is 0.573 e. The van der Waals surface area contributed by atoms with Crippen molar-refractivity contribution in [3.8, 4) is 11.5 Å². The lowest BCUT2D eigenvalue weighted by Crippen LogP contribution is -2.36. The lowest BCUT2D eigenvalue weighted by Gasteiger charge is -2.30. The van der Waals surface area contributed by atoms with Crippen LogP contribution in [0.2, 0.25) is 0 Å². The lowest BCUT2D eigenvalue weighted by atomic mass is 10.00. The van der Waals surface area contributed by atoms with E-state index in [2.05, 4.69) is 4.74 Å². The lowest BCUT2D eigenvalue weighted by molar-refractivity contribution is -0.274. The number of nitrogens with zero attached hydrogens (tertiary/aromatic N) is 2. The number of amides is 2. The van der Waals surface area contributed by atoms with Gasteiger partial charge in [0.25, 0.3) is 11.8 Å². The van der Waals surface area contributed by atoms with Gasteiger partial charge < -0.3 is 19.3 Å². The molecule has 2 aromatic rings. The predicted molar refractivity (Wildman–Crippen MR) is 104 cm³/mol. The van der Waals surface area contributed by atoms with Crippen molar-refractivity contribution in [3.05, 3.63) is 53.6 Å². The Morgan fingerprint density at radius 1 is 1.13 bits per heavy atom. The van der Waals surface area contributed by atoms with Gasteiger partial charge >= 0.3 is 6.36 Å². The molecule has 3 rings (SSSR count). The number of fused-ring (bicyclic) bond motifs is 1. The van der Waals surface area contributed by atoms with E-state index in [0.29, 0.717) is 30.6 Å². The molecule has 0 saturated carbocycles. The van der Waals surface area contributed by atoms with Gasteiger partial charge in [-0.3, -0.25) is 9.59 Å². The highest BCUT2D eigenvalue weighted by Crippen LogP contribution is 2.34. The van der Waals surface area contributed by atoms with E-state index in [1.54, 1.807) is 38.4 Å². The first kappa shape index (κ1) is 21.5. The third kappa shape index (κ3) is 5.03. The van der Waals surface area contributed by atoms with Gasteiger partial charge in [0.2, 0.25) is 0 Å². The molecule has 0 radical (unpaired) electrons. The zero-order valence-electron chi connectivity index (χ0n) is 16.5. The van der Waals surface area contributed by atoms with Gasteiger partial charge in [0, 0.05) is 26.3 Å². The molecule has 0 aromatic heterocycles. The zero-order valence-corrected chi connectivity index (χ0v) is 16.5. The van der Waals surface area contributed by atoms with Crippen molar-refractivity contribution in [2.75, 3.05) is 32.1 Å². The van der Waals surface area contributed by atoms with Crippen LogP contribution >= 0.6 is 0 Å². The maximum atomic E-state index is 13.2. The average molecular weight is 422 g/mol. The van der Waals surface area contributed by atoms with E-state index in [0.717, 1.165) is 0 Å². The molecule has 0 atom stereocenters. The van der Waals surface area contributed by atoms with Crippen LogP contribution in [-0.4, -0.2) is 50.3 Å². The molecule has 0 bridgehead atoms. The summed E-state index contributed by atoms with van der Waals surface area (Å²) in [6.45, 7) is 0.197. The van der Waals surface area contributed by atoms with E-state index in [9.17, 15) is 22.8 Å². The highest BCUT2D eigenvalue weighted by Gasteiger charge is 2.32. The fourth-order valence-electron chi connectivity index (χ4n) is 3.16. The topological polar surface area (TPSA) is 59.1 Å². The first-order chi connectivity index (χ1) is 14.2. The molecule has 2 amide bonds. The second-order valence-corrected chi connectivity index (χ2v) is 6.97. The summed E-state index contributed by atoms with van der Waals surface area (Å²) in [7, 11) is 3.20. The summed E-state index contributed by atoms with van der Waals surface area (Å²) < 4.78 is 47.0. The van der Waals surface area contributed by atoms with Gasteiger partial charge in [-0.1, -0.05) is 12.1 Å². The maximum absolute atomic E-state index is 13.2. The third-order valence-corrected chi connectivity index (χ3v) is 4.62. The van der Waals surface area contributed by atoms with Gasteiger partial charge in [0.05, 0.1) is 5.56 Å². The second kappa shape index (κ2) is 8.64. The number of likely N-dealkylation sites (N-methyl/N-ethyl adjacent to an activating group) is 1. The Bertz CT molecular complexity index is 944. The van der Waals surface area contributed by atoms with Crippen LogP contribution in [0.5, 0.6) is 11.5 Å². The number of carbonyl (C=O) groups is 2. The number of aryl methyl sites for hydroxylation is 1. The molecule has 0 unspecified atom stereocenters. The Morgan fingerprint density at radius 2 is 1.87 bits per heavy atom. The zero-order chi connectivity index (χ0) is 21.9. The molecule has 2 aromatic carbocycles. The van der Waals surface area contributed by atoms with Gasteiger partial charge in [-0.2, -0.15) is 0 Å². The number of hydrogen-bond donors (Lipinski definition) is 0. The smallest absolute Gasteiger partial charge is 0.483 e. The Kier molecular flexibility index (Phi) is 6.19. The number of carbonyl (C=O) groups excluding carboxylic acids is 2. The molecule has 0 spiro atoms. The molecular formula is C21H21F3N2O4. The van der Waals surface area contributed by atoms with Gasteiger partial charge in [-0.15, -0.1) is 13.2 Å². The molecule has 0 fully saturated rings. The molecule has 1 heterocycles. The molecule has 1 aliphatic heterocycles. The summed E-state index contributed by atoms with van der Waals surface area (Å²) in [5, 5.41) is 0. The average Bonchev–Trinajstić information content (AvgIpc) is 2.69. The number of ether oxygens (including phenoxy) is 2. The first-order valence-corrected chi connectivity index (χ1v) is 9.28. The summed E-state index contributed by atoms with van der Waals surface area (Å²) in [5.41, 5.74) is 1.39. The summed E-state index contributed by atoms with van der Waals surface area (Å²) in [5.74, 6) is -0.658. The number of anilines is 1. The molecule has 0 aliphatic carbocycles. The molecule has 160 valence electrons. The van der Waals surface area contributed by atoms with E-state index >= 15 is 0 Å². The van der Waals surface area contributed by atoms with Crippen LogP contribution in [0.15, 0.2) is 42.5 Å². The molecule has 1 aliphatic rings. The number of benzene rings is 2. The van der Waals surface area contributed by atoms with Gasteiger partial charge in [-0.25, -0.2) is 0 Å². The Labute approximate surface area is 171 Å². The summed E-state index contributed by atoms with van der Waals surface area (Å²) >= 11 is 0. The maximum Gasteiger partial charge on any atom is 0.573 e. The predicted octanol–water partition coefficient (Wildman–Crippen LogP) is 3.65. The molecular weight excluding hydrogens is 401 g/mol. The minimum atomic E-state index is -4.78. The molecule has 9 heteroatoms. The summed E-state index contributed by atoms with van der Waals surface area (Å²) in [4.78, 5) is 27.9. The van der Waals surface area contributed by atoms with Crippen LogP contribution in [0.25, 0.3) is 0 Å². The SMILES string of the molecule is CN(C)C(=O)COc1ccccc1C(=O)N1CCCc2cc(OC(F)(F)F)ccc21. The molecule has 30 heavy (non-hydrogen) atoms. The van der Waals surface area contributed by atoms with E-state index < -0.39 is 6.36 Å². The molecule has 0 N–H and O–H groups in total. The normalized spacial score (nSPS) is 13.4. The van der Waals surface area contributed by atoms with Crippen LogP contribution in [0.3, 0.4) is 0 Å². The summed E-state index contributed by atoms with van der Waals surface area (Å²) in [6, 6.07) is 10.5. The van der Waals surface area contributed by atoms with Crippen molar-refractivity contribution < 1.29 is 32.2 Å². The van der Waals surface area contributed by atoms with E-state index in [-0.39, 0.29) is 35.5 Å². The summed E-state index contributed by atoms with van der Waals surface area (Å²) in [6.07, 6.45) is -3.65. The highest BCUT2D eigenvalue weighted by molar-refractivity contribution is 6.08. The van der Waals surface area contributed by atoms with Crippen LogP contribution in [0.1, 0.15) is 22.3 Å². The van der Waals surface area contributed by atoms with Crippen molar-refractivity contribution in [3.63, 3.8) is 0 Å². The minimum absolute atomic E-state index is 0.216. The number of halogens is 3. The quantitative estimate of drug-likeness (QED) is 0.738. The number of para-hydroxylation sites is 1. The van der Waals surface area contributed by atoms with Crippen molar-refractivity contribution >= 4 is 17.5 Å². The van der Waals surface area contributed by atoms with Gasteiger partial charge in [-0.05, 0) is 48.7 Å². The van der Waals surface area contributed by atoms with Gasteiger partial charge in [0.1, 0.15) is 11.5 Å². The van der Waals surface area contributed by atoms with Crippen LogP contribution in [0.4, 0.5) is 18.9 Å². The van der Waals surface area contributed by atoms with Crippen molar-refractivity contribution in [2.24, 2.45) is 0 Å². The Hall–Kier alpha value is -3.23. The van der Waals surface area contributed by atoms with Crippen LogP contribution < -0.4 is 14.4 Å². The molecule has 0 saturated heterocycles. The van der Waals surface area contributed by atoms with Crippen LogP contribution in [-0.2, 0) is 11.2 Å². The van der Waals surface area contributed by atoms with E-state index in [1.807, 2.05) is 0 Å². The number of rotatable bonds is 5. The Balaban J connectivity index is 1.85. The third-order valence-electron chi connectivity index (χ3n) is 4.62. The van der Waals surface area contributed by atoms with Crippen molar-refractivity contribution in [1.29, 1.82) is 0 Å². The highest BCUT2D eigenvalue weighted by atomic mass is 19.4.